The molecular formula is C60H58GeN6. The van der Waals surface area contributed by atoms with Gasteiger partial charge in [0.2, 0.25) is 0 Å². The molecule has 1 saturated carbocycles. The van der Waals surface area contributed by atoms with E-state index in [-0.39, 0.29) is 21.8 Å². The molecule has 0 saturated heterocycles. The Morgan fingerprint density at radius 1 is 0.478 bits per heavy atom. The fourth-order valence-corrected chi connectivity index (χ4v) is 22.9. The number of rotatable bonds is 7. The second-order valence-electron chi connectivity index (χ2n) is 21.3. The first-order chi connectivity index (χ1) is 32.4. The Balaban J connectivity index is 1.14. The summed E-state index contributed by atoms with van der Waals surface area (Å²) in [6.07, 6.45) is 10.8. The number of benzene rings is 6. The molecule has 3 aromatic heterocycles. The second kappa shape index (κ2) is 15.3. The zero-order valence-electron chi connectivity index (χ0n) is 39.6. The van der Waals surface area contributed by atoms with Crippen LogP contribution >= 0.6 is 0 Å². The second-order valence-corrected chi connectivity index (χ2v) is 29.3. The number of anilines is 2. The first kappa shape index (κ1) is 42.0. The molecule has 0 amide bonds. The first-order valence-corrected chi connectivity index (χ1v) is 28.5. The fraction of sp³-hybridized carbons (Fsp3) is 0.267. The van der Waals surface area contributed by atoms with Crippen molar-refractivity contribution in [1.82, 2.24) is 24.5 Å². The molecule has 332 valence electrons. The maximum atomic E-state index is 5.64. The summed E-state index contributed by atoms with van der Waals surface area (Å²) in [5.74, 6) is 1.93. The van der Waals surface area contributed by atoms with Gasteiger partial charge in [0.05, 0.1) is 0 Å². The summed E-state index contributed by atoms with van der Waals surface area (Å²) in [6.45, 7) is 14.6. The van der Waals surface area contributed by atoms with E-state index in [0.717, 1.165) is 48.0 Å². The van der Waals surface area contributed by atoms with Crippen LogP contribution in [0, 0.1) is 0 Å². The van der Waals surface area contributed by atoms with Crippen molar-refractivity contribution in [3.05, 3.63) is 187 Å². The van der Waals surface area contributed by atoms with E-state index in [1.807, 2.05) is 12.4 Å². The van der Waals surface area contributed by atoms with Crippen molar-refractivity contribution >= 4 is 64.3 Å². The fourth-order valence-electron chi connectivity index (χ4n) is 12.8. The molecule has 12 rings (SSSR count). The molecule has 6 aromatic carbocycles. The van der Waals surface area contributed by atoms with Crippen LogP contribution in [0.5, 0.6) is 0 Å². The zero-order valence-corrected chi connectivity index (χ0v) is 41.7. The number of hydrogen-bond acceptors (Lipinski definition) is 5. The molecule has 1 aliphatic heterocycles. The molecule has 3 aliphatic rings. The van der Waals surface area contributed by atoms with E-state index >= 15 is 0 Å². The number of nitrogens with zero attached hydrogens (tertiary/aromatic N) is 6. The van der Waals surface area contributed by atoms with E-state index in [4.69, 9.17) is 19.9 Å². The average Bonchev–Trinajstić information content (AvgIpc) is 3.80. The van der Waals surface area contributed by atoms with Gasteiger partial charge in [0.25, 0.3) is 0 Å². The van der Waals surface area contributed by atoms with Crippen LogP contribution in [0.25, 0.3) is 39.1 Å². The standard InChI is InChI=1S/C60H58GeN6/c1-57(2)35-36-58(3,4)50-39-45(30-31-48(50)57)61(42-21-9-7-10-22-42,43-23-11-8-12-24-43)44-25-19-20-41(38-44)54-63-55(66-51-28-15-13-26-46(51)47-27-14-16-29-52(47)66)65-56(64-54)67-53-40-62-37-32-49(53)59(5)33-17-18-34-60(59,67)6/h7-16,19-32,37-40H,17-18,33-36H2,1-6H3. The van der Waals surface area contributed by atoms with Crippen LogP contribution in [-0.4, -0.2) is 43.3 Å². The molecule has 2 unspecified atom stereocenters. The van der Waals surface area contributed by atoms with E-state index in [2.05, 4.69) is 209 Å². The van der Waals surface area contributed by atoms with E-state index in [1.165, 1.54) is 57.9 Å². The molecule has 0 N–H and O–H groups in total. The van der Waals surface area contributed by atoms with Gasteiger partial charge in [0.15, 0.2) is 0 Å². The van der Waals surface area contributed by atoms with Crippen molar-refractivity contribution in [3.8, 4) is 17.3 Å². The predicted octanol–water partition coefficient (Wildman–Crippen LogP) is 11.5. The molecule has 2 aliphatic carbocycles. The van der Waals surface area contributed by atoms with Crippen LogP contribution in [-0.2, 0) is 16.2 Å². The molecule has 7 heteroatoms. The Hall–Kier alpha value is -6.38. The topological polar surface area (TPSA) is 59.7 Å². The Labute approximate surface area is 397 Å². The first-order valence-electron chi connectivity index (χ1n) is 24.3. The molecule has 0 spiro atoms. The molecule has 1 fully saturated rings. The van der Waals surface area contributed by atoms with Gasteiger partial charge in [0.1, 0.15) is 0 Å². The van der Waals surface area contributed by atoms with E-state index in [1.54, 1.807) is 0 Å². The van der Waals surface area contributed by atoms with Gasteiger partial charge in [-0.15, -0.1) is 0 Å². The molecule has 0 radical (unpaired) electrons. The zero-order chi connectivity index (χ0) is 45.8. The molecule has 6 nitrogen and oxygen atoms in total. The SMILES string of the molecule is CC1(C)CCC(C)(C)c2c[c]([Ge]([c]3ccccc3)([c]3ccccc3)[c]3cccc(-c4nc(N5c6cnccc6C6(C)CCCCC56C)nc(-n5c6ccccc6c6ccccc65)n4)c3)ccc21. The van der Waals surface area contributed by atoms with Crippen molar-refractivity contribution in [2.75, 3.05) is 4.90 Å². The van der Waals surface area contributed by atoms with Crippen molar-refractivity contribution < 1.29 is 0 Å². The summed E-state index contributed by atoms with van der Waals surface area (Å²) in [4.78, 5) is 24.0. The van der Waals surface area contributed by atoms with E-state index in [0.29, 0.717) is 17.7 Å². The monoisotopic (exact) mass is 936 g/mol. The molecule has 4 heterocycles. The van der Waals surface area contributed by atoms with Crippen molar-refractivity contribution in [2.24, 2.45) is 0 Å². The third kappa shape index (κ3) is 6.20. The Bertz CT molecular complexity index is 3280. The number of aromatic nitrogens is 5. The van der Waals surface area contributed by atoms with Crippen LogP contribution in [0.4, 0.5) is 11.6 Å². The van der Waals surface area contributed by atoms with Gasteiger partial charge in [-0.05, 0) is 0 Å². The number of para-hydroxylation sites is 2. The average molecular weight is 936 g/mol. The van der Waals surface area contributed by atoms with E-state index in [9.17, 15) is 0 Å². The van der Waals surface area contributed by atoms with Gasteiger partial charge in [-0.25, -0.2) is 0 Å². The molecular weight excluding hydrogens is 877 g/mol. The third-order valence-corrected chi connectivity index (χ3v) is 26.7. The van der Waals surface area contributed by atoms with Crippen LogP contribution in [0.1, 0.15) is 96.8 Å². The Kier molecular flexibility index (Phi) is 9.61. The molecule has 0 bridgehead atoms. The van der Waals surface area contributed by atoms with Gasteiger partial charge >= 0.3 is 400 Å². The summed E-state index contributed by atoms with van der Waals surface area (Å²) in [7, 11) is 0. The van der Waals surface area contributed by atoms with Gasteiger partial charge in [-0.2, -0.15) is 0 Å². The molecule has 9 aromatic rings. The third-order valence-electron chi connectivity index (χ3n) is 16.8. The minimum absolute atomic E-state index is 0.0588. The van der Waals surface area contributed by atoms with Gasteiger partial charge < -0.3 is 0 Å². The molecule has 2 atom stereocenters. The summed E-state index contributed by atoms with van der Waals surface area (Å²) in [5.41, 5.74) is 8.31. The number of hydrogen-bond donors (Lipinski definition) is 0. The Morgan fingerprint density at radius 2 is 1.06 bits per heavy atom. The normalized spacial score (nSPS) is 20.7. The number of fused-ring (bicyclic) bond motifs is 7. The summed E-state index contributed by atoms with van der Waals surface area (Å²) < 4.78 is 7.81. The summed E-state index contributed by atoms with van der Waals surface area (Å²) >= 11 is -3.81. The van der Waals surface area contributed by atoms with Gasteiger partial charge in [-0.3, -0.25) is 0 Å². The van der Waals surface area contributed by atoms with Crippen LogP contribution in [0.15, 0.2) is 170 Å². The summed E-state index contributed by atoms with van der Waals surface area (Å²) in [5, 5.41) is 2.35. The molecule has 67 heavy (non-hydrogen) atoms. The van der Waals surface area contributed by atoms with E-state index < -0.39 is 13.3 Å². The number of pyridine rings is 1. The predicted molar refractivity (Wildman–Crippen MR) is 279 cm³/mol. The van der Waals surface area contributed by atoms with Crippen LogP contribution in [0.3, 0.4) is 0 Å². The Morgan fingerprint density at radius 3 is 1.75 bits per heavy atom. The minimum atomic E-state index is -3.81. The van der Waals surface area contributed by atoms with Crippen molar-refractivity contribution in [2.45, 2.75) is 102 Å². The maximum absolute atomic E-state index is 5.64. The van der Waals surface area contributed by atoms with Crippen LogP contribution in [0.2, 0.25) is 0 Å². The van der Waals surface area contributed by atoms with Crippen molar-refractivity contribution in [1.29, 1.82) is 0 Å². The van der Waals surface area contributed by atoms with Gasteiger partial charge in [-0.1, -0.05) is 0 Å². The van der Waals surface area contributed by atoms with Gasteiger partial charge in [0, 0.05) is 0 Å². The quantitative estimate of drug-likeness (QED) is 0.149. The summed E-state index contributed by atoms with van der Waals surface area (Å²) in [6, 6.07) is 59.2. The van der Waals surface area contributed by atoms with Crippen LogP contribution < -0.4 is 22.5 Å². The van der Waals surface area contributed by atoms with Crippen molar-refractivity contribution in [3.63, 3.8) is 0 Å².